The van der Waals surface area contributed by atoms with Crippen LogP contribution in [0, 0.1) is 6.92 Å². The molecule has 0 saturated heterocycles. The summed E-state index contributed by atoms with van der Waals surface area (Å²) >= 11 is 0. The van der Waals surface area contributed by atoms with Crippen molar-refractivity contribution >= 4 is 24.7 Å². The molecule has 3 aromatic rings. The summed E-state index contributed by atoms with van der Waals surface area (Å²) in [5, 5.41) is 3.96. The van der Waals surface area contributed by atoms with E-state index in [0.29, 0.717) is 6.61 Å². The zero-order valence-corrected chi connectivity index (χ0v) is 13.2. The average Bonchev–Trinajstić information content (AvgIpc) is 2.53. The van der Waals surface area contributed by atoms with Crippen LogP contribution in [0.2, 0.25) is 0 Å². The van der Waals surface area contributed by atoms with Gasteiger partial charge in [0, 0.05) is 11.1 Å². The Bertz CT molecular complexity index is 852. The van der Waals surface area contributed by atoms with Crippen LogP contribution < -0.4 is 10.0 Å². The zero-order valence-electron chi connectivity index (χ0n) is 12.2. The van der Waals surface area contributed by atoms with E-state index in [-0.39, 0.29) is 0 Å². The fourth-order valence-corrected chi connectivity index (χ4v) is 3.62. The van der Waals surface area contributed by atoms with Crippen molar-refractivity contribution in [3.63, 3.8) is 0 Å². The van der Waals surface area contributed by atoms with Crippen LogP contribution in [0.5, 0.6) is 5.75 Å². The molecule has 0 spiro atoms. The lowest BCUT2D eigenvalue weighted by molar-refractivity contribution is 0.304. The first-order valence-electron chi connectivity index (χ1n) is 7.23. The molecule has 4 rings (SSSR count). The van der Waals surface area contributed by atoms with Crippen LogP contribution in [0.4, 0.5) is 0 Å². The molecule has 2 heteroatoms. The van der Waals surface area contributed by atoms with Gasteiger partial charge in [0.2, 0.25) is 0 Å². The number of hydrogen-bond acceptors (Lipinski definition) is 1. The summed E-state index contributed by atoms with van der Waals surface area (Å²) in [5.41, 5.74) is 5.15. The van der Waals surface area contributed by atoms with E-state index in [9.17, 15) is 0 Å². The number of fused-ring (bicyclic) bond motifs is 5. The molecule has 1 aliphatic heterocycles. The summed E-state index contributed by atoms with van der Waals surface area (Å²) in [6.45, 7) is 5.01. The Morgan fingerprint density at radius 1 is 0.952 bits per heavy atom. The largest absolute Gasteiger partial charge is 0.488 e. The highest BCUT2D eigenvalue weighted by Crippen LogP contribution is 2.40. The van der Waals surface area contributed by atoms with Crippen LogP contribution >= 0.6 is 8.58 Å². The SMILES string of the molecule is CPc1ccc2c(c1)OCc1c-2ccc2cc(C)ccc12. The predicted molar refractivity (Wildman–Crippen MR) is 92.3 cm³/mol. The van der Waals surface area contributed by atoms with Gasteiger partial charge in [-0.05, 0) is 41.3 Å². The van der Waals surface area contributed by atoms with Crippen LogP contribution in [-0.4, -0.2) is 6.66 Å². The van der Waals surface area contributed by atoms with E-state index in [4.69, 9.17) is 4.74 Å². The number of benzene rings is 3. The van der Waals surface area contributed by atoms with Crippen molar-refractivity contribution in [3.05, 3.63) is 59.7 Å². The fourth-order valence-electron chi connectivity index (χ4n) is 3.09. The van der Waals surface area contributed by atoms with E-state index in [2.05, 4.69) is 62.1 Å². The molecule has 0 bridgehead atoms. The first-order valence-corrected chi connectivity index (χ1v) is 8.73. The lowest BCUT2D eigenvalue weighted by Gasteiger charge is -2.23. The Morgan fingerprint density at radius 2 is 1.81 bits per heavy atom. The number of aryl methyl sites for hydroxylation is 1. The van der Waals surface area contributed by atoms with Gasteiger partial charge in [0.05, 0.1) is 0 Å². The normalized spacial score (nSPS) is 13.2. The van der Waals surface area contributed by atoms with Gasteiger partial charge in [-0.25, -0.2) is 0 Å². The van der Waals surface area contributed by atoms with Crippen LogP contribution in [0.3, 0.4) is 0 Å². The van der Waals surface area contributed by atoms with Crippen molar-refractivity contribution in [2.24, 2.45) is 0 Å². The van der Waals surface area contributed by atoms with Crippen molar-refractivity contribution in [2.75, 3.05) is 6.66 Å². The van der Waals surface area contributed by atoms with Gasteiger partial charge in [0.25, 0.3) is 0 Å². The minimum atomic E-state index is 0.666. The number of hydrogen-bond donors (Lipinski definition) is 0. The van der Waals surface area contributed by atoms with Crippen LogP contribution in [0.25, 0.3) is 21.9 Å². The van der Waals surface area contributed by atoms with Gasteiger partial charge in [-0.1, -0.05) is 56.6 Å². The zero-order chi connectivity index (χ0) is 14.4. The molecule has 0 radical (unpaired) electrons. The van der Waals surface area contributed by atoms with E-state index in [1.807, 2.05) is 0 Å². The second-order valence-electron chi connectivity index (χ2n) is 5.57. The Morgan fingerprint density at radius 3 is 2.67 bits per heavy atom. The second-order valence-corrected chi connectivity index (χ2v) is 6.64. The monoisotopic (exact) mass is 292 g/mol. The molecule has 0 aromatic heterocycles. The fraction of sp³-hybridized carbons (Fsp3) is 0.158. The lowest BCUT2D eigenvalue weighted by atomic mass is 9.92. The quantitative estimate of drug-likeness (QED) is 0.594. The molecular formula is C19H17OP. The van der Waals surface area contributed by atoms with Crippen molar-refractivity contribution in [2.45, 2.75) is 13.5 Å². The van der Waals surface area contributed by atoms with Crippen molar-refractivity contribution in [3.8, 4) is 16.9 Å². The maximum atomic E-state index is 6.04. The third-order valence-electron chi connectivity index (χ3n) is 4.22. The minimum absolute atomic E-state index is 0.666. The molecule has 1 unspecified atom stereocenters. The maximum absolute atomic E-state index is 6.04. The number of rotatable bonds is 1. The highest BCUT2D eigenvalue weighted by molar-refractivity contribution is 7.46. The summed E-state index contributed by atoms with van der Waals surface area (Å²) < 4.78 is 6.04. The topological polar surface area (TPSA) is 9.23 Å². The lowest BCUT2D eigenvalue weighted by Crippen LogP contribution is -2.08. The van der Waals surface area contributed by atoms with Crippen molar-refractivity contribution < 1.29 is 4.74 Å². The van der Waals surface area contributed by atoms with E-state index < -0.39 is 0 Å². The molecule has 1 nitrogen and oxygen atoms in total. The molecule has 0 N–H and O–H groups in total. The van der Waals surface area contributed by atoms with Gasteiger partial charge in [-0.3, -0.25) is 0 Å². The summed E-state index contributed by atoms with van der Waals surface area (Å²) in [6, 6.07) is 17.7. The van der Waals surface area contributed by atoms with Gasteiger partial charge in [0.15, 0.2) is 0 Å². The molecule has 1 aliphatic rings. The van der Waals surface area contributed by atoms with Gasteiger partial charge in [-0.15, -0.1) is 0 Å². The summed E-state index contributed by atoms with van der Waals surface area (Å²) in [7, 11) is 0.807. The first kappa shape index (κ1) is 12.9. The Labute approximate surface area is 126 Å². The minimum Gasteiger partial charge on any atom is -0.488 e. The Balaban J connectivity index is 1.97. The second kappa shape index (κ2) is 4.86. The third kappa shape index (κ3) is 2.04. The molecule has 0 amide bonds. The third-order valence-corrected chi connectivity index (χ3v) is 5.11. The molecule has 0 fully saturated rings. The van der Waals surface area contributed by atoms with Crippen molar-refractivity contribution in [1.82, 2.24) is 0 Å². The smallest absolute Gasteiger partial charge is 0.128 e. The molecule has 0 aliphatic carbocycles. The van der Waals surface area contributed by atoms with E-state index >= 15 is 0 Å². The Hall–Kier alpha value is -1.85. The van der Waals surface area contributed by atoms with Crippen LogP contribution in [0.1, 0.15) is 11.1 Å². The maximum Gasteiger partial charge on any atom is 0.128 e. The molecule has 1 heterocycles. The van der Waals surface area contributed by atoms with Gasteiger partial charge in [-0.2, -0.15) is 0 Å². The molecule has 1 atom stereocenters. The summed E-state index contributed by atoms with van der Waals surface area (Å²) in [5.74, 6) is 1.03. The standard InChI is InChI=1S/C19H17OP/c1-12-3-6-15-13(9-12)4-7-16-17-8-5-14(21-2)10-19(17)20-11-18(15)16/h3-10,21H,11H2,1-2H3. The van der Waals surface area contributed by atoms with Gasteiger partial charge < -0.3 is 4.74 Å². The van der Waals surface area contributed by atoms with E-state index in [0.717, 1.165) is 14.3 Å². The molecule has 0 saturated carbocycles. The Kier molecular flexibility index (Phi) is 2.97. The van der Waals surface area contributed by atoms with E-state index in [1.54, 1.807) is 0 Å². The van der Waals surface area contributed by atoms with Crippen LogP contribution in [0.15, 0.2) is 48.5 Å². The van der Waals surface area contributed by atoms with E-state index in [1.165, 1.54) is 38.3 Å². The summed E-state index contributed by atoms with van der Waals surface area (Å²) in [4.78, 5) is 0. The molecular weight excluding hydrogens is 275 g/mol. The van der Waals surface area contributed by atoms with Gasteiger partial charge in [0.1, 0.15) is 12.4 Å². The van der Waals surface area contributed by atoms with Crippen LogP contribution in [-0.2, 0) is 6.61 Å². The highest BCUT2D eigenvalue weighted by Gasteiger charge is 2.19. The molecule has 3 aromatic carbocycles. The van der Waals surface area contributed by atoms with Gasteiger partial charge >= 0.3 is 0 Å². The number of ether oxygens (including phenoxy) is 1. The predicted octanol–water partition coefficient (Wildman–Crippen LogP) is 4.64. The highest BCUT2D eigenvalue weighted by atomic mass is 31.1. The molecule has 21 heavy (non-hydrogen) atoms. The first-order chi connectivity index (χ1) is 10.3. The average molecular weight is 292 g/mol. The van der Waals surface area contributed by atoms with Crippen molar-refractivity contribution in [1.29, 1.82) is 0 Å². The summed E-state index contributed by atoms with van der Waals surface area (Å²) in [6.07, 6.45) is 0. The molecule has 104 valence electrons.